The molecule has 0 fully saturated rings. The summed E-state index contributed by atoms with van der Waals surface area (Å²) in [7, 11) is 0. The Morgan fingerprint density at radius 2 is 1.57 bits per heavy atom. The van der Waals surface area contributed by atoms with Gasteiger partial charge in [0.05, 0.1) is 5.92 Å². The van der Waals surface area contributed by atoms with Gasteiger partial charge in [-0.25, -0.2) is 0 Å². The summed E-state index contributed by atoms with van der Waals surface area (Å²) in [5.74, 6) is -1.26. The van der Waals surface area contributed by atoms with Crippen LogP contribution in [0.5, 0.6) is 0 Å². The summed E-state index contributed by atoms with van der Waals surface area (Å²) in [5.41, 5.74) is 0.802. The molecule has 0 bridgehead atoms. The van der Waals surface area contributed by atoms with Crippen molar-refractivity contribution in [3.63, 3.8) is 0 Å². The molecular formula is C17H20O4. The van der Waals surface area contributed by atoms with Gasteiger partial charge >= 0.3 is 11.9 Å². The average molecular weight is 288 g/mol. The van der Waals surface area contributed by atoms with Crippen molar-refractivity contribution in [3.8, 4) is 0 Å². The lowest BCUT2D eigenvalue weighted by atomic mass is 9.90. The van der Waals surface area contributed by atoms with Crippen LogP contribution < -0.4 is 0 Å². The highest BCUT2D eigenvalue weighted by atomic mass is 16.6. The van der Waals surface area contributed by atoms with Crippen LogP contribution in [0.2, 0.25) is 0 Å². The average Bonchev–Trinajstić information content (AvgIpc) is 2.45. The van der Waals surface area contributed by atoms with E-state index in [0.29, 0.717) is 0 Å². The molecule has 0 N–H and O–H groups in total. The fourth-order valence-corrected chi connectivity index (χ4v) is 2.10. The van der Waals surface area contributed by atoms with Gasteiger partial charge in [0.2, 0.25) is 0 Å². The van der Waals surface area contributed by atoms with Crippen molar-refractivity contribution < 1.29 is 19.1 Å². The minimum atomic E-state index is -0.621. The molecular weight excluding hydrogens is 268 g/mol. The minimum Gasteiger partial charge on any atom is -0.458 e. The van der Waals surface area contributed by atoms with Crippen LogP contribution in [0.25, 0.3) is 0 Å². The Labute approximate surface area is 125 Å². The molecule has 0 saturated heterocycles. The summed E-state index contributed by atoms with van der Waals surface area (Å²) in [6, 6.07) is 9.26. The van der Waals surface area contributed by atoms with Crippen LogP contribution in [0.15, 0.2) is 55.6 Å². The molecule has 112 valence electrons. The smallest absolute Gasteiger partial charge is 0.303 e. The predicted octanol–water partition coefficient (Wildman–Crippen LogP) is 3.21. The minimum absolute atomic E-state index is 0.415. The van der Waals surface area contributed by atoms with Crippen molar-refractivity contribution in [2.24, 2.45) is 5.92 Å². The molecule has 0 aromatic heterocycles. The summed E-state index contributed by atoms with van der Waals surface area (Å²) in [6.07, 6.45) is 1.90. The van der Waals surface area contributed by atoms with E-state index in [2.05, 4.69) is 13.2 Å². The Morgan fingerprint density at radius 3 is 2.00 bits per heavy atom. The lowest BCUT2D eigenvalue weighted by molar-refractivity contribution is -0.154. The van der Waals surface area contributed by atoms with E-state index in [1.807, 2.05) is 30.3 Å². The van der Waals surface area contributed by atoms with E-state index in [1.165, 1.54) is 19.9 Å². The largest absolute Gasteiger partial charge is 0.458 e. The fraction of sp³-hybridized carbons (Fsp3) is 0.294. The third-order valence-corrected chi connectivity index (χ3v) is 2.96. The highest BCUT2D eigenvalue weighted by molar-refractivity contribution is 5.67. The monoisotopic (exact) mass is 288 g/mol. The molecule has 1 aromatic carbocycles. The lowest BCUT2D eigenvalue weighted by Gasteiger charge is -2.29. The van der Waals surface area contributed by atoms with Gasteiger partial charge in [0.15, 0.2) is 0 Å². The molecule has 21 heavy (non-hydrogen) atoms. The van der Waals surface area contributed by atoms with E-state index in [0.717, 1.165) is 5.56 Å². The fourth-order valence-electron chi connectivity index (χ4n) is 2.10. The van der Waals surface area contributed by atoms with Crippen LogP contribution in [0, 0.1) is 5.92 Å². The number of esters is 2. The zero-order chi connectivity index (χ0) is 15.8. The highest BCUT2D eigenvalue weighted by Crippen LogP contribution is 2.31. The first kappa shape index (κ1) is 16.7. The van der Waals surface area contributed by atoms with Gasteiger partial charge in [0.25, 0.3) is 0 Å². The van der Waals surface area contributed by atoms with Crippen LogP contribution in [0.1, 0.15) is 25.5 Å². The molecule has 1 aromatic rings. The normalized spacial score (nSPS) is 14.4. The van der Waals surface area contributed by atoms with Gasteiger partial charge in [-0.3, -0.25) is 9.59 Å². The molecule has 3 atom stereocenters. The maximum Gasteiger partial charge on any atom is 0.303 e. The maximum absolute atomic E-state index is 11.4. The van der Waals surface area contributed by atoms with Gasteiger partial charge in [0.1, 0.15) is 12.2 Å². The van der Waals surface area contributed by atoms with E-state index in [1.54, 1.807) is 6.08 Å². The number of hydrogen-bond donors (Lipinski definition) is 0. The molecule has 1 rings (SSSR count). The van der Waals surface area contributed by atoms with E-state index in [4.69, 9.17) is 9.47 Å². The molecule has 4 nitrogen and oxygen atoms in total. The summed E-state index contributed by atoms with van der Waals surface area (Å²) in [4.78, 5) is 22.6. The number of benzene rings is 1. The summed E-state index contributed by atoms with van der Waals surface area (Å²) < 4.78 is 10.6. The van der Waals surface area contributed by atoms with Crippen LogP contribution in [-0.4, -0.2) is 18.0 Å². The van der Waals surface area contributed by atoms with Gasteiger partial charge < -0.3 is 9.47 Å². The molecule has 0 spiro atoms. The summed E-state index contributed by atoms with van der Waals surface area (Å²) in [5, 5.41) is 0. The predicted molar refractivity (Wildman–Crippen MR) is 80.4 cm³/mol. The number of hydrogen-bond acceptors (Lipinski definition) is 4. The van der Waals surface area contributed by atoms with Crippen LogP contribution in [0.4, 0.5) is 0 Å². The van der Waals surface area contributed by atoms with Gasteiger partial charge in [0, 0.05) is 13.8 Å². The molecule has 4 heteroatoms. The van der Waals surface area contributed by atoms with Gasteiger partial charge in [-0.1, -0.05) is 49.1 Å². The van der Waals surface area contributed by atoms with Crippen LogP contribution in [0.3, 0.4) is 0 Å². The van der Waals surface area contributed by atoms with Crippen LogP contribution in [-0.2, 0) is 19.1 Å². The Morgan fingerprint density at radius 1 is 1.00 bits per heavy atom. The van der Waals surface area contributed by atoms with E-state index < -0.39 is 30.1 Å². The number of carbonyl (C=O) groups excluding carboxylic acids is 2. The van der Waals surface area contributed by atoms with E-state index in [9.17, 15) is 9.59 Å². The van der Waals surface area contributed by atoms with Crippen molar-refractivity contribution in [2.75, 3.05) is 0 Å². The van der Waals surface area contributed by atoms with Crippen molar-refractivity contribution in [1.29, 1.82) is 0 Å². The third-order valence-electron chi connectivity index (χ3n) is 2.96. The third kappa shape index (κ3) is 4.91. The number of ether oxygens (including phenoxy) is 2. The quantitative estimate of drug-likeness (QED) is 0.571. The van der Waals surface area contributed by atoms with Crippen molar-refractivity contribution in [3.05, 3.63) is 61.2 Å². The van der Waals surface area contributed by atoms with Crippen LogP contribution >= 0.6 is 0 Å². The summed E-state index contributed by atoms with van der Waals surface area (Å²) in [6.45, 7) is 10.1. The second-order valence-corrected chi connectivity index (χ2v) is 4.56. The Bertz CT molecular complexity index is 507. The van der Waals surface area contributed by atoms with Crippen molar-refractivity contribution >= 4 is 11.9 Å². The standard InChI is InChI=1S/C17H20O4/c1-5-15(16(6-2)20-12(3)18)17(21-13(4)19)14-10-8-7-9-11-14/h5-11,15-17H,1-2H2,3-4H3. The highest BCUT2D eigenvalue weighted by Gasteiger charge is 2.31. The van der Waals surface area contributed by atoms with Gasteiger partial charge in [-0.2, -0.15) is 0 Å². The van der Waals surface area contributed by atoms with E-state index in [-0.39, 0.29) is 0 Å². The summed E-state index contributed by atoms with van der Waals surface area (Å²) >= 11 is 0. The number of carbonyl (C=O) groups is 2. The molecule has 3 unspecified atom stereocenters. The first-order chi connectivity index (χ1) is 9.99. The van der Waals surface area contributed by atoms with Gasteiger partial charge in [-0.15, -0.1) is 6.58 Å². The van der Waals surface area contributed by atoms with Gasteiger partial charge in [-0.05, 0) is 5.56 Å². The maximum atomic E-state index is 11.4. The Kier molecular flexibility index (Phi) is 6.40. The second-order valence-electron chi connectivity index (χ2n) is 4.56. The zero-order valence-electron chi connectivity index (χ0n) is 12.3. The zero-order valence-corrected chi connectivity index (χ0v) is 12.3. The molecule has 0 aliphatic carbocycles. The first-order valence-electron chi connectivity index (χ1n) is 6.64. The molecule has 0 aliphatic heterocycles. The Hall–Kier alpha value is -2.36. The van der Waals surface area contributed by atoms with Crippen molar-refractivity contribution in [1.82, 2.24) is 0 Å². The first-order valence-corrected chi connectivity index (χ1v) is 6.64. The van der Waals surface area contributed by atoms with E-state index >= 15 is 0 Å². The molecule has 0 saturated carbocycles. The molecule has 0 heterocycles. The lowest BCUT2D eigenvalue weighted by Crippen LogP contribution is -2.30. The number of rotatable bonds is 7. The van der Waals surface area contributed by atoms with Crippen molar-refractivity contribution in [2.45, 2.75) is 26.1 Å². The molecule has 0 amide bonds. The SMILES string of the molecule is C=CC(OC(C)=O)C(C=C)C(OC(C)=O)c1ccccc1. The topological polar surface area (TPSA) is 52.6 Å². The second kappa shape index (κ2) is 8.04. The Balaban J connectivity index is 3.13. The molecule has 0 aliphatic rings. The molecule has 0 radical (unpaired) electrons.